The van der Waals surface area contributed by atoms with Gasteiger partial charge in [-0.25, -0.2) is 0 Å². The van der Waals surface area contributed by atoms with E-state index in [9.17, 15) is 0 Å². The van der Waals surface area contributed by atoms with Crippen LogP contribution in [0.15, 0.2) is 5.57 Å². The number of ether oxygens (including phenoxy) is 2. The summed E-state index contributed by atoms with van der Waals surface area (Å²) < 4.78 is 10.8. The Kier molecular flexibility index (Phi) is 2.35. The van der Waals surface area contributed by atoms with Crippen LogP contribution in [0.5, 0.6) is 0 Å². The maximum absolute atomic E-state index is 5.74. The van der Waals surface area contributed by atoms with Gasteiger partial charge in [0, 0.05) is 13.0 Å². The lowest BCUT2D eigenvalue weighted by Gasteiger charge is -2.19. The molecule has 63 valence electrons. The molecule has 1 unspecified atom stereocenters. The molecule has 1 saturated heterocycles. The molecule has 0 aliphatic carbocycles. The lowest BCUT2D eigenvalue weighted by molar-refractivity contribution is -0.152. The Labute approximate surface area is 68.2 Å². The van der Waals surface area contributed by atoms with Crippen LogP contribution < -0.4 is 0 Å². The summed E-state index contributed by atoms with van der Waals surface area (Å²) in [6.45, 7) is 12.3. The first-order valence-corrected chi connectivity index (χ1v) is 3.97. The van der Waals surface area contributed by atoms with Crippen LogP contribution in [0, 0.1) is 6.58 Å². The lowest BCUT2D eigenvalue weighted by Crippen LogP contribution is -2.22. The third-order valence-corrected chi connectivity index (χ3v) is 1.94. The van der Waals surface area contributed by atoms with Crippen LogP contribution in [0.1, 0.15) is 27.2 Å². The molecule has 1 heterocycles. The zero-order chi connectivity index (χ0) is 8.48. The average Bonchev–Trinajstić information content (AvgIpc) is 2.08. The van der Waals surface area contributed by atoms with Gasteiger partial charge in [-0.3, -0.25) is 0 Å². The van der Waals surface area contributed by atoms with Crippen LogP contribution in [0.25, 0.3) is 0 Å². The van der Waals surface area contributed by atoms with E-state index in [-0.39, 0.29) is 11.9 Å². The molecule has 0 aromatic heterocycles. The molecule has 11 heavy (non-hydrogen) atoms. The zero-order valence-electron chi connectivity index (χ0n) is 7.39. The number of hydrogen-bond acceptors (Lipinski definition) is 2. The summed E-state index contributed by atoms with van der Waals surface area (Å²) in [5, 5.41) is 0. The largest absolute Gasteiger partial charge is 0.353 e. The molecule has 1 radical (unpaired) electrons. The van der Waals surface area contributed by atoms with Crippen LogP contribution in [0.3, 0.4) is 0 Å². The summed E-state index contributed by atoms with van der Waals surface area (Å²) in [5.74, 6) is 0. The molecular formula is C9H15O2. The normalized spacial score (nSPS) is 29.4. The molecule has 2 nitrogen and oxygen atoms in total. The maximum atomic E-state index is 5.74. The molecule has 0 amide bonds. The summed E-state index contributed by atoms with van der Waals surface area (Å²) in [6.07, 6.45) is 0.593. The molecule has 2 heteroatoms. The minimum absolute atomic E-state index is 0.130. The van der Waals surface area contributed by atoms with E-state index < -0.39 is 0 Å². The molecule has 0 aromatic carbocycles. The average molecular weight is 155 g/mol. The minimum Gasteiger partial charge on any atom is -0.353 e. The Morgan fingerprint density at radius 1 is 1.73 bits per heavy atom. The first kappa shape index (κ1) is 8.75. The predicted octanol–water partition coefficient (Wildman–Crippen LogP) is 1.91. The van der Waals surface area contributed by atoms with Crippen molar-refractivity contribution in [3.05, 3.63) is 12.2 Å². The van der Waals surface area contributed by atoms with Gasteiger partial charge < -0.3 is 9.47 Å². The summed E-state index contributed by atoms with van der Waals surface area (Å²) in [5.41, 5.74) is 0.566. The Hall–Kier alpha value is -0.340. The van der Waals surface area contributed by atoms with E-state index >= 15 is 0 Å². The molecule has 1 fully saturated rings. The molecule has 1 atom stereocenters. The van der Waals surface area contributed by atoms with Crippen molar-refractivity contribution >= 4 is 0 Å². The van der Waals surface area contributed by atoms with E-state index in [2.05, 4.69) is 0 Å². The Balaban J connectivity index is 2.50. The van der Waals surface area contributed by atoms with Crippen molar-refractivity contribution in [2.75, 3.05) is 6.61 Å². The highest BCUT2D eigenvalue weighted by Crippen LogP contribution is 2.33. The zero-order valence-corrected chi connectivity index (χ0v) is 7.39. The van der Waals surface area contributed by atoms with Gasteiger partial charge in [-0.1, -0.05) is 6.58 Å². The first-order chi connectivity index (χ1) is 5.06. The molecule has 0 bridgehead atoms. The van der Waals surface area contributed by atoms with Crippen molar-refractivity contribution in [2.45, 2.75) is 39.1 Å². The Bertz CT molecular complexity index is 161. The van der Waals surface area contributed by atoms with Crippen molar-refractivity contribution in [3.63, 3.8) is 0 Å². The van der Waals surface area contributed by atoms with E-state index in [1.807, 2.05) is 20.8 Å². The minimum atomic E-state index is -0.306. The van der Waals surface area contributed by atoms with Crippen molar-refractivity contribution in [3.8, 4) is 0 Å². The highest BCUT2D eigenvalue weighted by Gasteiger charge is 2.35. The lowest BCUT2D eigenvalue weighted by atomic mass is 10.0. The number of rotatable bonds is 2. The topological polar surface area (TPSA) is 18.5 Å². The standard InChI is InChI=1S/C9H15O2/c1-5-10-8-6-7(2)9(3,4)11-8/h2,8H,5-6H2,1,3-4H3. The predicted molar refractivity (Wildman–Crippen MR) is 43.0 cm³/mol. The second-order valence-electron chi connectivity index (χ2n) is 3.24. The highest BCUT2D eigenvalue weighted by molar-refractivity contribution is 5.12. The highest BCUT2D eigenvalue weighted by atomic mass is 16.7. The molecule has 0 spiro atoms. The van der Waals surface area contributed by atoms with Gasteiger partial charge in [-0.05, 0) is 26.3 Å². The smallest absolute Gasteiger partial charge is 0.162 e. The Morgan fingerprint density at radius 2 is 2.36 bits per heavy atom. The Morgan fingerprint density at radius 3 is 2.73 bits per heavy atom. The van der Waals surface area contributed by atoms with Crippen LogP contribution in [-0.4, -0.2) is 18.5 Å². The SMILES string of the molecule is [CH]=C1CC(OCC)OC1(C)C. The fourth-order valence-electron chi connectivity index (χ4n) is 1.15. The van der Waals surface area contributed by atoms with Crippen molar-refractivity contribution < 1.29 is 9.47 Å². The van der Waals surface area contributed by atoms with Gasteiger partial charge in [-0.2, -0.15) is 0 Å². The second-order valence-corrected chi connectivity index (χ2v) is 3.24. The molecule has 1 aliphatic rings. The third kappa shape index (κ3) is 1.82. The first-order valence-electron chi connectivity index (χ1n) is 3.97. The van der Waals surface area contributed by atoms with Crippen molar-refractivity contribution in [1.29, 1.82) is 0 Å². The van der Waals surface area contributed by atoms with Gasteiger partial charge in [0.05, 0.1) is 5.60 Å². The quantitative estimate of drug-likeness (QED) is 0.606. The van der Waals surface area contributed by atoms with E-state index in [0.717, 1.165) is 12.0 Å². The van der Waals surface area contributed by atoms with Crippen molar-refractivity contribution in [2.24, 2.45) is 0 Å². The molecule has 1 rings (SSSR count). The van der Waals surface area contributed by atoms with Crippen LogP contribution in [0.4, 0.5) is 0 Å². The van der Waals surface area contributed by atoms with Gasteiger partial charge in [-0.15, -0.1) is 0 Å². The molecule has 0 saturated carbocycles. The van der Waals surface area contributed by atoms with E-state index in [0.29, 0.717) is 6.61 Å². The van der Waals surface area contributed by atoms with E-state index in [1.165, 1.54) is 0 Å². The number of hydrogen-bond donors (Lipinski definition) is 0. The third-order valence-electron chi connectivity index (χ3n) is 1.94. The monoisotopic (exact) mass is 155 g/mol. The molecule has 1 aliphatic heterocycles. The van der Waals surface area contributed by atoms with Crippen molar-refractivity contribution in [1.82, 2.24) is 0 Å². The fourth-order valence-corrected chi connectivity index (χ4v) is 1.15. The van der Waals surface area contributed by atoms with Crippen LogP contribution in [0.2, 0.25) is 0 Å². The summed E-state index contributed by atoms with van der Waals surface area (Å²) >= 11 is 0. The van der Waals surface area contributed by atoms with Gasteiger partial charge in [0.15, 0.2) is 6.29 Å². The van der Waals surface area contributed by atoms with Gasteiger partial charge in [0.2, 0.25) is 0 Å². The van der Waals surface area contributed by atoms with Crippen LogP contribution >= 0.6 is 0 Å². The van der Waals surface area contributed by atoms with Gasteiger partial charge >= 0.3 is 0 Å². The molecular weight excluding hydrogens is 140 g/mol. The summed E-state index contributed by atoms with van der Waals surface area (Å²) in [7, 11) is 0. The fraction of sp³-hybridized carbons (Fsp3) is 0.778. The molecule has 0 aromatic rings. The summed E-state index contributed by atoms with van der Waals surface area (Å²) in [4.78, 5) is 0. The van der Waals surface area contributed by atoms with Crippen LogP contribution in [-0.2, 0) is 9.47 Å². The van der Waals surface area contributed by atoms with E-state index in [1.54, 1.807) is 0 Å². The van der Waals surface area contributed by atoms with Gasteiger partial charge in [0.25, 0.3) is 0 Å². The van der Waals surface area contributed by atoms with Gasteiger partial charge in [0.1, 0.15) is 0 Å². The van der Waals surface area contributed by atoms with E-state index in [4.69, 9.17) is 16.1 Å². The maximum Gasteiger partial charge on any atom is 0.162 e. The second kappa shape index (κ2) is 2.95. The summed E-state index contributed by atoms with van der Waals surface area (Å²) in [6, 6.07) is 0. The molecule has 0 N–H and O–H groups in total.